The molecule has 7 nitrogen and oxygen atoms in total. The number of hydrogen-bond acceptors (Lipinski definition) is 4. The van der Waals surface area contributed by atoms with Crippen LogP contribution in [0.25, 0.3) is 0 Å². The van der Waals surface area contributed by atoms with Gasteiger partial charge in [0.05, 0.1) is 12.7 Å². The van der Waals surface area contributed by atoms with Crippen LogP contribution in [0.2, 0.25) is 0 Å². The number of halogens is 1. The summed E-state index contributed by atoms with van der Waals surface area (Å²) in [6.45, 7) is 2.69. The summed E-state index contributed by atoms with van der Waals surface area (Å²) in [5.41, 5.74) is 1.26. The van der Waals surface area contributed by atoms with E-state index in [9.17, 15) is 4.79 Å². The van der Waals surface area contributed by atoms with Gasteiger partial charge in [-0.2, -0.15) is 5.10 Å². The summed E-state index contributed by atoms with van der Waals surface area (Å²) in [7, 11) is 5.45. The van der Waals surface area contributed by atoms with Crippen molar-refractivity contribution in [1.82, 2.24) is 24.9 Å². The average Bonchev–Trinajstić information content (AvgIpc) is 3.35. The Morgan fingerprint density at radius 2 is 2.30 bits per heavy atom. The Morgan fingerprint density at radius 3 is 2.93 bits per heavy atom. The van der Waals surface area contributed by atoms with E-state index in [2.05, 4.69) is 38.0 Å². The minimum absolute atomic E-state index is 0. The molecule has 1 amide bonds. The first kappa shape index (κ1) is 21.7. The minimum Gasteiger partial charge on any atom is -0.351 e. The minimum atomic E-state index is 0. The predicted octanol–water partition coefficient (Wildman–Crippen LogP) is 2.12. The largest absolute Gasteiger partial charge is 0.351 e. The zero-order chi connectivity index (χ0) is 18.5. The lowest BCUT2D eigenvalue weighted by atomic mass is 10.0. The first-order chi connectivity index (χ1) is 12.5. The number of likely N-dealkylation sites (N-methyl/N-ethyl adjacent to an activating group) is 1. The van der Waals surface area contributed by atoms with Crippen LogP contribution in [0, 0.1) is 0 Å². The summed E-state index contributed by atoms with van der Waals surface area (Å²) < 4.78 is 1.85. The molecule has 1 unspecified atom stereocenters. The Morgan fingerprint density at radius 1 is 1.48 bits per heavy atom. The van der Waals surface area contributed by atoms with E-state index in [0.717, 1.165) is 32.0 Å². The van der Waals surface area contributed by atoms with Crippen LogP contribution in [0.4, 0.5) is 0 Å². The molecule has 3 rings (SSSR count). The Hall–Kier alpha value is -1.62. The van der Waals surface area contributed by atoms with Crippen molar-refractivity contribution in [3.8, 4) is 0 Å². The standard InChI is InChI=1S/C18H26N6OS.HI/c1-22(2)17(25)11-20-18(19-10-16-5-4-8-26-16)24-7-6-14(13-24)15-9-21-23(3)12-15;/h4-5,8-9,12,14H,6-7,10-11,13H2,1-3H3,(H,19,20);1H. The van der Waals surface area contributed by atoms with E-state index in [4.69, 9.17) is 0 Å². The van der Waals surface area contributed by atoms with Crippen LogP contribution in [-0.2, 0) is 18.4 Å². The van der Waals surface area contributed by atoms with Gasteiger partial charge in [-0.1, -0.05) is 6.07 Å². The Balaban J connectivity index is 0.00000261. The third kappa shape index (κ3) is 5.93. The number of carbonyl (C=O) groups is 1. The van der Waals surface area contributed by atoms with Gasteiger partial charge in [0.1, 0.15) is 6.54 Å². The number of guanidine groups is 1. The first-order valence-corrected chi connectivity index (χ1v) is 9.65. The van der Waals surface area contributed by atoms with Gasteiger partial charge in [0.2, 0.25) is 5.91 Å². The van der Waals surface area contributed by atoms with Crippen molar-refractivity contribution in [1.29, 1.82) is 0 Å². The van der Waals surface area contributed by atoms with E-state index in [-0.39, 0.29) is 36.4 Å². The number of nitrogens with one attached hydrogen (secondary N) is 1. The topological polar surface area (TPSA) is 65.8 Å². The van der Waals surface area contributed by atoms with Crippen LogP contribution >= 0.6 is 35.3 Å². The van der Waals surface area contributed by atoms with Gasteiger partial charge in [0.25, 0.3) is 0 Å². The van der Waals surface area contributed by atoms with E-state index in [1.807, 2.05) is 24.0 Å². The molecule has 1 aliphatic heterocycles. The zero-order valence-corrected chi connectivity index (χ0v) is 19.1. The van der Waals surface area contributed by atoms with Crippen LogP contribution < -0.4 is 5.32 Å². The molecule has 0 aliphatic carbocycles. The van der Waals surface area contributed by atoms with Gasteiger partial charge in [0, 0.05) is 51.2 Å². The Labute approximate surface area is 181 Å². The van der Waals surface area contributed by atoms with Crippen LogP contribution in [0.3, 0.4) is 0 Å². The number of carbonyl (C=O) groups excluding carboxylic acids is 1. The van der Waals surface area contributed by atoms with Crippen molar-refractivity contribution in [3.05, 3.63) is 40.3 Å². The summed E-state index contributed by atoms with van der Waals surface area (Å²) in [5, 5.41) is 9.78. The van der Waals surface area contributed by atoms with E-state index in [1.54, 1.807) is 30.3 Å². The Bertz CT molecular complexity index is 758. The zero-order valence-electron chi connectivity index (χ0n) is 16.0. The molecule has 2 aromatic rings. The number of amides is 1. The normalized spacial score (nSPS) is 16.9. The van der Waals surface area contributed by atoms with Crippen molar-refractivity contribution >= 4 is 47.2 Å². The molecule has 1 atom stereocenters. The van der Waals surface area contributed by atoms with E-state index >= 15 is 0 Å². The van der Waals surface area contributed by atoms with Gasteiger partial charge in [-0.25, -0.2) is 4.99 Å². The molecule has 0 saturated carbocycles. The van der Waals surface area contributed by atoms with Gasteiger partial charge in [0.15, 0.2) is 5.96 Å². The maximum absolute atomic E-state index is 11.9. The fourth-order valence-electron chi connectivity index (χ4n) is 3.01. The molecule has 27 heavy (non-hydrogen) atoms. The molecule has 1 N–H and O–H groups in total. The molecule has 1 aliphatic rings. The van der Waals surface area contributed by atoms with Crippen LogP contribution in [0.1, 0.15) is 22.8 Å². The number of thiophene rings is 1. The molecular weight excluding hydrogens is 475 g/mol. The van der Waals surface area contributed by atoms with E-state index in [1.165, 1.54) is 10.4 Å². The molecule has 1 fully saturated rings. The summed E-state index contributed by atoms with van der Waals surface area (Å²) in [4.78, 5) is 21.6. The average molecular weight is 502 g/mol. The summed E-state index contributed by atoms with van der Waals surface area (Å²) in [6, 6.07) is 4.14. The summed E-state index contributed by atoms with van der Waals surface area (Å²) in [5.74, 6) is 1.26. The number of aromatic nitrogens is 2. The van der Waals surface area contributed by atoms with Crippen molar-refractivity contribution < 1.29 is 4.79 Å². The van der Waals surface area contributed by atoms with Crippen LogP contribution in [0.5, 0.6) is 0 Å². The SMILES string of the molecule is CN(C)C(=O)CN=C(NCc1cccs1)N1CCC(c2cnn(C)c2)C1.I. The number of nitrogens with zero attached hydrogens (tertiary/aromatic N) is 5. The maximum Gasteiger partial charge on any atom is 0.243 e. The lowest BCUT2D eigenvalue weighted by Gasteiger charge is -2.22. The second-order valence-corrected chi connectivity index (χ2v) is 7.77. The van der Waals surface area contributed by atoms with E-state index < -0.39 is 0 Å². The molecule has 0 radical (unpaired) electrons. The second kappa shape index (κ2) is 10.1. The fourth-order valence-corrected chi connectivity index (χ4v) is 3.65. The highest BCUT2D eigenvalue weighted by Gasteiger charge is 2.27. The van der Waals surface area contributed by atoms with Gasteiger partial charge in [-0.15, -0.1) is 35.3 Å². The highest BCUT2D eigenvalue weighted by molar-refractivity contribution is 14.0. The summed E-state index contributed by atoms with van der Waals surface area (Å²) in [6.07, 6.45) is 5.09. The van der Waals surface area contributed by atoms with Gasteiger partial charge in [-0.05, 0) is 23.4 Å². The number of aryl methyl sites for hydroxylation is 1. The molecule has 0 bridgehead atoms. The third-order valence-corrected chi connectivity index (χ3v) is 5.42. The molecule has 0 spiro atoms. The Kier molecular flexibility index (Phi) is 8.08. The molecule has 2 aromatic heterocycles. The maximum atomic E-state index is 11.9. The van der Waals surface area contributed by atoms with Gasteiger partial charge in [-0.3, -0.25) is 9.48 Å². The fraction of sp³-hybridized carbons (Fsp3) is 0.500. The lowest BCUT2D eigenvalue weighted by Crippen LogP contribution is -2.40. The number of rotatable bonds is 5. The molecular formula is C18H27IN6OS. The molecule has 3 heterocycles. The van der Waals surface area contributed by atoms with Gasteiger partial charge < -0.3 is 15.1 Å². The number of aliphatic imine (C=N–C) groups is 1. The molecule has 1 saturated heterocycles. The van der Waals surface area contributed by atoms with E-state index in [0.29, 0.717) is 5.92 Å². The molecule has 148 valence electrons. The highest BCUT2D eigenvalue weighted by Crippen LogP contribution is 2.26. The quantitative estimate of drug-likeness (QED) is 0.387. The van der Waals surface area contributed by atoms with Crippen LogP contribution in [0.15, 0.2) is 34.9 Å². The van der Waals surface area contributed by atoms with Gasteiger partial charge >= 0.3 is 0 Å². The smallest absolute Gasteiger partial charge is 0.243 e. The van der Waals surface area contributed by atoms with Crippen molar-refractivity contribution in [2.24, 2.45) is 12.0 Å². The van der Waals surface area contributed by atoms with Crippen molar-refractivity contribution in [3.63, 3.8) is 0 Å². The highest BCUT2D eigenvalue weighted by atomic mass is 127. The monoisotopic (exact) mass is 502 g/mol. The van der Waals surface area contributed by atoms with Crippen molar-refractivity contribution in [2.45, 2.75) is 18.9 Å². The number of likely N-dealkylation sites (tertiary alicyclic amines) is 1. The first-order valence-electron chi connectivity index (χ1n) is 8.77. The number of hydrogen-bond donors (Lipinski definition) is 1. The lowest BCUT2D eigenvalue weighted by molar-refractivity contribution is -0.127. The second-order valence-electron chi connectivity index (χ2n) is 6.74. The predicted molar refractivity (Wildman–Crippen MR) is 120 cm³/mol. The molecule has 9 heteroatoms. The molecule has 0 aromatic carbocycles. The third-order valence-electron chi connectivity index (χ3n) is 4.55. The van der Waals surface area contributed by atoms with Crippen LogP contribution in [-0.4, -0.2) is 65.2 Å². The summed E-state index contributed by atoms with van der Waals surface area (Å²) >= 11 is 1.71. The van der Waals surface area contributed by atoms with Crippen molar-refractivity contribution in [2.75, 3.05) is 33.7 Å².